The summed E-state index contributed by atoms with van der Waals surface area (Å²) in [6.07, 6.45) is 30.2. The second-order valence-corrected chi connectivity index (χ2v) is 10.9. The Morgan fingerprint density at radius 1 is 0.514 bits per heavy atom. The van der Waals surface area contributed by atoms with Crippen LogP contribution in [-0.2, 0) is 19.1 Å². The molecule has 0 aliphatic rings. The van der Waals surface area contributed by atoms with Gasteiger partial charge in [0.2, 0.25) is 0 Å². The first kappa shape index (κ1) is 35.9. The summed E-state index contributed by atoms with van der Waals surface area (Å²) in [5.74, 6) is -0.643. The first-order valence-electron chi connectivity index (χ1n) is 16.1. The summed E-state index contributed by atoms with van der Waals surface area (Å²) in [5, 5.41) is 9.30. The molecule has 0 aliphatic heterocycles. The van der Waals surface area contributed by atoms with Gasteiger partial charge in [0.15, 0.2) is 6.10 Å². The highest BCUT2D eigenvalue weighted by atomic mass is 16.6. The Balaban J connectivity index is 3.30. The van der Waals surface area contributed by atoms with Crippen molar-refractivity contribution in [2.45, 2.75) is 180 Å². The number of hydrogen-bond donors (Lipinski definition) is 1. The van der Waals surface area contributed by atoms with Crippen molar-refractivity contribution in [2.75, 3.05) is 13.2 Å². The maximum absolute atomic E-state index is 11.9. The first-order valence-corrected chi connectivity index (χ1v) is 16.1. The monoisotopic (exact) mass is 526 g/mol. The molecule has 0 heterocycles. The van der Waals surface area contributed by atoms with Crippen LogP contribution in [0.15, 0.2) is 0 Å². The molecule has 0 spiro atoms. The van der Waals surface area contributed by atoms with Crippen molar-refractivity contribution < 1.29 is 24.2 Å². The molecule has 37 heavy (non-hydrogen) atoms. The van der Waals surface area contributed by atoms with Gasteiger partial charge in [-0.15, -0.1) is 0 Å². The molecule has 220 valence electrons. The van der Waals surface area contributed by atoms with E-state index in [1.54, 1.807) is 0 Å². The molecule has 0 bridgehead atoms. The van der Waals surface area contributed by atoms with Gasteiger partial charge < -0.3 is 14.6 Å². The summed E-state index contributed by atoms with van der Waals surface area (Å²) in [7, 11) is 0. The van der Waals surface area contributed by atoms with Crippen LogP contribution in [0.4, 0.5) is 0 Å². The second-order valence-electron chi connectivity index (χ2n) is 10.9. The van der Waals surface area contributed by atoms with Crippen LogP contribution in [0.3, 0.4) is 0 Å². The third kappa shape index (κ3) is 27.7. The molecule has 0 saturated carbocycles. The summed E-state index contributed by atoms with van der Waals surface area (Å²) in [6, 6.07) is 0. The number of rotatable bonds is 29. The second kappa shape index (κ2) is 29.5. The van der Waals surface area contributed by atoms with Crippen LogP contribution in [-0.4, -0.2) is 36.4 Å². The molecular formula is C32H62O5. The molecule has 5 nitrogen and oxygen atoms in total. The molecule has 5 heteroatoms. The van der Waals surface area contributed by atoms with Crippen molar-refractivity contribution >= 4 is 11.9 Å². The van der Waals surface area contributed by atoms with Gasteiger partial charge in [-0.05, 0) is 12.8 Å². The van der Waals surface area contributed by atoms with Gasteiger partial charge in [-0.1, -0.05) is 149 Å². The van der Waals surface area contributed by atoms with E-state index >= 15 is 0 Å². The minimum absolute atomic E-state index is 0.0690. The van der Waals surface area contributed by atoms with Crippen LogP contribution in [0.5, 0.6) is 0 Å². The highest BCUT2D eigenvalue weighted by Gasteiger charge is 2.15. The maximum Gasteiger partial charge on any atom is 0.306 e. The van der Waals surface area contributed by atoms with Crippen LogP contribution in [0, 0.1) is 0 Å². The Hall–Kier alpha value is -1.10. The van der Waals surface area contributed by atoms with Gasteiger partial charge in [0, 0.05) is 12.8 Å². The molecule has 0 aromatic heterocycles. The van der Waals surface area contributed by atoms with Gasteiger partial charge >= 0.3 is 11.9 Å². The molecule has 0 fully saturated rings. The van der Waals surface area contributed by atoms with Crippen molar-refractivity contribution in [1.82, 2.24) is 0 Å². The molecule has 1 unspecified atom stereocenters. The molecule has 0 saturated heterocycles. The first-order chi connectivity index (χ1) is 18.1. The number of unbranched alkanes of at least 4 members (excludes halogenated alkanes) is 21. The lowest BCUT2D eigenvalue weighted by atomic mass is 10.0. The smallest absolute Gasteiger partial charge is 0.306 e. The minimum Gasteiger partial charge on any atom is -0.462 e. The predicted octanol–water partition coefficient (Wildman–Crippen LogP) is 9.23. The zero-order valence-electron chi connectivity index (χ0n) is 24.7. The number of aliphatic hydroxyl groups is 1. The van der Waals surface area contributed by atoms with Crippen LogP contribution in [0.2, 0.25) is 0 Å². The van der Waals surface area contributed by atoms with E-state index in [9.17, 15) is 14.7 Å². The molecule has 0 radical (unpaired) electrons. The Morgan fingerprint density at radius 3 is 1.24 bits per heavy atom. The highest BCUT2D eigenvalue weighted by Crippen LogP contribution is 2.15. The van der Waals surface area contributed by atoms with Gasteiger partial charge in [-0.3, -0.25) is 9.59 Å². The quantitative estimate of drug-likeness (QED) is 0.0776. The lowest BCUT2D eigenvalue weighted by Crippen LogP contribution is -2.28. The third-order valence-electron chi connectivity index (χ3n) is 7.12. The molecule has 0 amide bonds. The van der Waals surface area contributed by atoms with Gasteiger partial charge in [-0.25, -0.2) is 0 Å². The van der Waals surface area contributed by atoms with E-state index in [-0.39, 0.29) is 25.2 Å². The number of ether oxygens (including phenoxy) is 2. The Kier molecular flexibility index (Phi) is 28.6. The Morgan fingerprint density at radius 2 is 0.892 bits per heavy atom. The van der Waals surface area contributed by atoms with Crippen molar-refractivity contribution in [3.8, 4) is 0 Å². The van der Waals surface area contributed by atoms with Crippen molar-refractivity contribution in [3.63, 3.8) is 0 Å². The lowest BCUT2D eigenvalue weighted by Gasteiger charge is -2.15. The van der Waals surface area contributed by atoms with Crippen molar-refractivity contribution in [2.24, 2.45) is 0 Å². The summed E-state index contributed by atoms with van der Waals surface area (Å²) in [5.41, 5.74) is 0. The number of aliphatic hydroxyl groups excluding tert-OH is 1. The Labute approximate surface area is 229 Å². The zero-order valence-corrected chi connectivity index (χ0v) is 24.7. The molecule has 1 N–H and O–H groups in total. The van der Waals surface area contributed by atoms with E-state index in [2.05, 4.69) is 6.92 Å². The van der Waals surface area contributed by atoms with Crippen LogP contribution < -0.4 is 0 Å². The number of esters is 2. The average Bonchev–Trinajstić information content (AvgIpc) is 2.89. The fourth-order valence-electron chi connectivity index (χ4n) is 4.71. The number of carbonyl (C=O) groups excluding carboxylic acids is 2. The molecular weight excluding hydrogens is 464 g/mol. The van der Waals surface area contributed by atoms with E-state index in [0.717, 1.165) is 19.3 Å². The molecule has 1 atom stereocenters. The summed E-state index contributed by atoms with van der Waals surface area (Å²) in [4.78, 5) is 23.3. The van der Waals surface area contributed by atoms with E-state index in [4.69, 9.17) is 9.47 Å². The maximum atomic E-state index is 11.9. The average molecular weight is 527 g/mol. The molecule has 0 aromatic carbocycles. The molecule has 0 aliphatic carbocycles. The normalized spacial score (nSPS) is 12.0. The SMILES string of the molecule is CCCCCCCCCCCCCCCCCCCCCCCCC(=O)OC(CO)COC(=O)CCC. The molecule has 0 rings (SSSR count). The predicted molar refractivity (Wildman–Crippen MR) is 155 cm³/mol. The lowest BCUT2D eigenvalue weighted by molar-refractivity contribution is -0.161. The minimum atomic E-state index is -0.756. The third-order valence-corrected chi connectivity index (χ3v) is 7.12. The van der Waals surface area contributed by atoms with Gasteiger partial charge in [0.05, 0.1) is 6.61 Å². The fraction of sp³-hybridized carbons (Fsp3) is 0.938. The van der Waals surface area contributed by atoms with Crippen molar-refractivity contribution in [3.05, 3.63) is 0 Å². The van der Waals surface area contributed by atoms with E-state index < -0.39 is 6.10 Å². The number of carbonyl (C=O) groups is 2. The largest absolute Gasteiger partial charge is 0.462 e. The summed E-state index contributed by atoms with van der Waals surface area (Å²) in [6.45, 7) is 3.78. The van der Waals surface area contributed by atoms with Gasteiger partial charge in [0.1, 0.15) is 6.61 Å². The van der Waals surface area contributed by atoms with E-state index in [0.29, 0.717) is 19.3 Å². The van der Waals surface area contributed by atoms with E-state index in [1.165, 1.54) is 122 Å². The summed E-state index contributed by atoms with van der Waals surface area (Å²) < 4.78 is 10.2. The van der Waals surface area contributed by atoms with Crippen LogP contribution in [0.1, 0.15) is 174 Å². The topological polar surface area (TPSA) is 72.8 Å². The number of hydrogen-bond acceptors (Lipinski definition) is 5. The fourth-order valence-corrected chi connectivity index (χ4v) is 4.71. The van der Waals surface area contributed by atoms with Gasteiger partial charge in [0.25, 0.3) is 0 Å². The van der Waals surface area contributed by atoms with Crippen LogP contribution >= 0.6 is 0 Å². The standard InChI is InChI=1S/C32H62O5/c1-3-5-6-7-8-9-10-11-12-13-14-15-16-17-18-19-20-21-22-23-24-25-27-32(35)37-30(28-33)29-36-31(34)26-4-2/h30,33H,3-29H2,1-2H3. The Bertz CT molecular complexity index is 494. The van der Waals surface area contributed by atoms with Crippen LogP contribution in [0.25, 0.3) is 0 Å². The summed E-state index contributed by atoms with van der Waals surface area (Å²) >= 11 is 0. The zero-order chi connectivity index (χ0) is 27.2. The van der Waals surface area contributed by atoms with Gasteiger partial charge in [-0.2, -0.15) is 0 Å². The van der Waals surface area contributed by atoms with Crippen molar-refractivity contribution in [1.29, 1.82) is 0 Å². The molecule has 0 aromatic rings. The highest BCUT2D eigenvalue weighted by molar-refractivity contribution is 5.70. The van der Waals surface area contributed by atoms with E-state index in [1.807, 2.05) is 6.92 Å².